The molecule has 0 amide bonds. The van der Waals surface area contributed by atoms with Gasteiger partial charge < -0.3 is 4.74 Å². The highest BCUT2D eigenvalue weighted by molar-refractivity contribution is 5.57. The maximum Gasteiger partial charge on any atom is 0.573 e. The largest absolute Gasteiger partial charge is 0.573 e. The number of aromatic nitrogens is 4. The van der Waals surface area contributed by atoms with Gasteiger partial charge in [-0.1, -0.05) is 6.07 Å². The van der Waals surface area contributed by atoms with E-state index in [4.69, 9.17) is 0 Å². The fourth-order valence-corrected chi connectivity index (χ4v) is 2.87. The van der Waals surface area contributed by atoms with E-state index in [1.54, 1.807) is 0 Å². The van der Waals surface area contributed by atoms with Crippen molar-refractivity contribution < 1.29 is 26.7 Å². The summed E-state index contributed by atoms with van der Waals surface area (Å²) < 4.78 is 71.4. The molecule has 0 unspecified atom stereocenters. The average molecular weight is 434 g/mol. The van der Waals surface area contributed by atoms with Crippen LogP contribution in [0.4, 0.5) is 22.0 Å². The molecule has 2 heterocycles. The van der Waals surface area contributed by atoms with Crippen LogP contribution >= 0.6 is 0 Å². The van der Waals surface area contributed by atoms with Crippen molar-refractivity contribution in [1.29, 1.82) is 0 Å². The number of alkyl halides is 3. The molecule has 2 aromatic carbocycles. The zero-order valence-corrected chi connectivity index (χ0v) is 15.3. The van der Waals surface area contributed by atoms with Crippen molar-refractivity contribution in [2.24, 2.45) is 0 Å². The Morgan fingerprint density at radius 1 is 0.968 bits per heavy atom. The second-order valence-electron chi connectivity index (χ2n) is 6.24. The summed E-state index contributed by atoms with van der Waals surface area (Å²) in [5.74, 6) is -1.96. The van der Waals surface area contributed by atoms with Gasteiger partial charge >= 0.3 is 6.36 Å². The summed E-state index contributed by atoms with van der Waals surface area (Å²) in [4.78, 5) is 12.4. The van der Waals surface area contributed by atoms with Crippen LogP contribution in [0.3, 0.4) is 0 Å². The Hall–Kier alpha value is -4.02. The van der Waals surface area contributed by atoms with Crippen LogP contribution in [0.25, 0.3) is 22.8 Å². The van der Waals surface area contributed by atoms with Crippen LogP contribution in [0.1, 0.15) is 0 Å². The van der Waals surface area contributed by atoms with Gasteiger partial charge in [0.1, 0.15) is 23.1 Å². The van der Waals surface area contributed by atoms with Crippen molar-refractivity contribution in [1.82, 2.24) is 19.6 Å². The first-order chi connectivity index (χ1) is 14.7. The normalized spacial score (nSPS) is 11.5. The summed E-state index contributed by atoms with van der Waals surface area (Å²) in [6.07, 6.45) is -2.35. The Morgan fingerprint density at radius 2 is 1.77 bits per heavy atom. The van der Waals surface area contributed by atoms with Gasteiger partial charge in [-0.05, 0) is 30.3 Å². The van der Waals surface area contributed by atoms with Crippen molar-refractivity contribution in [3.63, 3.8) is 0 Å². The second-order valence-corrected chi connectivity index (χ2v) is 6.24. The van der Waals surface area contributed by atoms with Gasteiger partial charge in [0, 0.05) is 24.4 Å². The van der Waals surface area contributed by atoms with E-state index in [1.807, 2.05) is 0 Å². The predicted octanol–water partition coefficient (Wildman–Crippen LogP) is 4.26. The fourth-order valence-electron chi connectivity index (χ4n) is 2.87. The zero-order chi connectivity index (χ0) is 22.2. The lowest BCUT2D eigenvalue weighted by molar-refractivity contribution is -0.274. The molecule has 0 saturated heterocycles. The monoisotopic (exact) mass is 434 g/mol. The molecule has 6 nitrogen and oxygen atoms in total. The smallest absolute Gasteiger partial charge is 0.406 e. The van der Waals surface area contributed by atoms with Gasteiger partial charge in [0.25, 0.3) is 0 Å². The molecule has 4 rings (SSSR count). The molecule has 0 spiro atoms. The van der Waals surface area contributed by atoms with E-state index in [9.17, 15) is 26.7 Å². The molecular formula is C20H11F5N4O2. The molecule has 11 heteroatoms. The van der Waals surface area contributed by atoms with E-state index in [-0.39, 0.29) is 22.8 Å². The molecule has 158 valence electrons. The number of halogens is 5. The summed E-state index contributed by atoms with van der Waals surface area (Å²) in [7, 11) is 0. The minimum Gasteiger partial charge on any atom is -0.406 e. The van der Waals surface area contributed by atoms with Gasteiger partial charge in [0.15, 0.2) is 5.69 Å². The maximum absolute atomic E-state index is 14.2. The van der Waals surface area contributed by atoms with Crippen molar-refractivity contribution in [2.75, 3.05) is 0 Å². The van der Waals surface area contributed by atoms with Crippen LogP contribution in [0, 0.1) is 11.6 Å². The predicted molar refractivity (Wildman–Crippen MR) is 99.0 cm³/mol. The number of hydrogen-bond donors (Lipinski definition) is 0. The molecule has 0 aliphatic carbocycles. The molecule has 0 saturated carbocycles. The average Bonchev–Trinajstić information content (AvgIpc) is 3.18. The Balaban J connectivity index is 1.80. The molecular weight excluding hydrogens is 423 g/mol. The van der Waals surface area contributed by atoms with E-state index in [2.05, 4.69) is 14.9 Å². The zero-order valence-electron chi connectivity index (χ0n) is 15.3. The quantitative estimate of drug-likeness (QED) is 0.451. The molecule has 0 aliphatic rings. The fraction of sp³-hybridized carbons (Fsp3) is 0.0500. The Labute approximate surface area is 170 Å². The summed E-state index contributed by atoms with van der Waals surface area (Å²) >= 11 is 0. The van der Waals surface area contributed by atoms with Gasteiger partial charge in [-0.15, -0.1) is 13.2 Å². The summed E-state index contributed by atoms with van der Waals surface area (Å²) in [5.41, 5.74) is -0.738. The van der Waals surface area contributed by atoms with Crippen LogP contribution in [-0.2, 0) is 0 Å². The maximum atomic E-state index is 14.2. The number of nitrogens with zero attached hydrogens (tertiary/aromatic N) is 4. The number of ether oxygens (including phenoxy) is 1. The number of rotatable bonds is 4. The highest BCUT2D eigenvalue weighted by atomic mass is 19.4. The first kappa shape index (κ1) is 20.3. The molecule has 2 aromatic heterocycles. The first-order valence-electron chi connectivity index (χ1n) is 8.67. The standard InChI is InChI=1S/C20H11F5N4O2/c21-12-4-5-15(22)17(10-12)29-16(6-8-26-29)19-18(30)7-9-28(27-19)13-2-1-3-14(11-13)31-20(23,24)25/h1-11H. The lowest BCUT2D eigenvalue weighted by Gasteiger charge is -2.12. The Morgan fingerprint density at radius 3 is 2.55 bits per heavy atom. The van der Waals surface area contributed by atoms with E-state index < -0.39 is 29.2 Å². The summed E-state index contributed by atoms with van der Waals surface area (Å²) in [6, 6.07) is 10.2. The van der Waals surface area contributed by atoms with E-state index in [1.165, 1.54) is 30.6 Å². The minimum absolute atomic E-state index is 0.0616. The van der Waals surface area contributed by atoms with Gasteiger partial charge in [0.2, 0.25) is 5.43 Å². The minimum atomic E-state index is -4.87. The van der Waals surface area contributed by atoms with Gasteiger partial charge in [-0.3, -0.25) is 4.79 Å². The van der Waals surface area contributed by atoms with Gasteiger partial charge in [0.05, 0.1) is 17.6 Å². The third-order valence-corrected chi connectivity index (χ3v) is 4.15. The SMILES string of the molecule is O=c1ccn(-c2cccc(OC(F)(F)F)c2)nc1-c1ccnn1-c1cc(F)ccc1F. The van der Waals surface area contributed by atoms with Crippen LogP contribution < -0.4 is 10.2 Å². The van der Waals surface area contributed by atoms with Crippen molar-refractivity contribution >= 4 is 0 Å². The third kappa shape index (κ3) is 4.29. The van der Waals surface area contributed by atoms with Crippen molar-refractivity contribution in [3.8, 4) is 28.5 Å². The third-order valence-electron chi connectivity index (χ3n) is 4.15. The van der Waals surface area contributed by atoms with E-state index in [0.29, 0.717) is 0 Å². The highest BCUT2D eigenvalue weighted by Crippen LogP contribution is 2.25. The molecule has 0 aliphatic heterocycles. The molecule has 0 fully saturated rings. The van der Waals surface area contributed by atoms with Crippen LogP contribution in [-0.4, -0.2) is 25.9 Å². The summed E-state index contributed by atoms with van der Waals surface area (Å²) in [6.45, 7) is 0. The molecule has 0 atom stereocenters. The topological polar surface area (TPSA) is 61.9 Å². The Bertz CT molecular complexity index is 1310. The number of benzene rings is 2. The number of hydrogen-bond acceptors (Lipinski definition) is 4. The lowest BCUT2D eigenvalue weighted by atomic mass is 10.2. The molecule has 31 heavy (non-hydrogen) atoms. The first-order valence-corrected chi connectivity index (χ1v) is 8.67. The molecule has 4 aromatic rings. The van der Waals surface area contributed by atoms with Crippen LogP contribution in [0.5, 0.6) is 5.75 Å². The summed E-state index contributed by atoms with van der Waals surface area (Å²) in [5, 5.41) is 8.09. The van der Waals surface area contributed by atoms with Gasteiger partial charge in [-0.2, -0.15) is 10.2 Å². The van der Waals surface area contributed by atoms with E-state index >= 15 is 0 Å². The van der Waals surface area contributed by atoms with Crippen LogP contribution in [0.2, 0.25) is 0 Å². The van der Waals surface area contributed by atoms with Gasteiger partial charge in [-0.25, -0.2) is 18.1 Å². The van der Waals surface area contributed by atoms with Crippen molar-refractivity contribution in [3.05, 3.63) is 88.8 Å². The highest BCUT2D eigenvalue weighted by Gasteiger charge is 2.31. The molecule has 0 bridgehead atoms. The molecule has 0 N–H and O–H groups in total. The second kappa shape index (κ2) is 7.67. The molecule has 0 radical (unpaired) electrons. The Kier molecular flexibility index (Phi) is 5.01. The van der Waals surface area contributed by atoms with Crippen LogP contribution in [0.15, 0.2) is 71.8 Å². The lowest BCUT2D eigenvalue weighted by Crippen LogP contribution is -2.18. The van der Waals surface area contributed by atoms with Crippen molar-refractivity contribution in [2.45, 2.75) is 6.36 Å². The van der Waals surface area contributed by atoms with E-state index in [0.717, 1.165) is 45.8 Å².